The van der Waals surface area contributed by atoms with Crippen molar-refractivity contribution in [1.82, 2.24) is 9.55 Å². The number of halogens is 1. The van der Waals surface area contributed by atoms with Crippen molar-refractivity contribution in [3.8, 4) is 0 Å². The molecule has 0 aliphatic carbocycles. The Labute approximate surface area is 132 Å². The minimum Gasteiger partial charge on any atom is -0.381 e. The molecule has 116 valence electrons. The number of benzene rings is 1. The van der Waals surface area contributed by atoms with Gasteiger partial charge < -0.3 is 9.30 Å². The number of hydrogen-bond acceptors (Lipinski definition) is 2. The van der Waals surface area contributed by atoms with E-state index in [1.807, 2.05) is 0 Å². The van der Waals surface area contributed by atoms with Crippen LogP contribution >= 0.6 is 11.6 Å². The van der Waals surface area contributed by atoms with Gasteiger partial charge in [-0.1, -0.05) is 19.4 Å². The third-order valence-corrected chi connectivity index (χ3v) is 3.80. The summed E-state index contributed by atoms with van der Waals surface area (Å²) in [4.78, 5) is 4.73. The molecule has 0 amide bonds. The van der Waals surface area contributed by atoms with Gasteiger partial charge in [-0.2, -0.15) is 0 Å². The number of imidazole rings is 1. The van der Waals surface area contributed by atoms with Gasteiger partial charge >= 0.3 is 0 Å². The molecule has 1 aromatic carbocycles. The van der Waals surface area contributed by atoms with Crippen LogP contribution in [0, 0.1) is 6.92 Å². The van der Waals surface area contributed by atoms with Gasteiger partial charge in [0.1, 0.15) is 5.82 Å². The third kappa shape index (κ3) is 4.45. The third-order valence-electron chi connectivity index (χ3n) is 3.61. The molecule has 0 saturated heterocycles. The van der Waals surface area contributed by atoms with Crippen molar-refractivity contribution in [3.05, 3.63) is 29.6 Å². The highest BCUT2D eigenvalue weighted by molar-refractivity contribution is 6.17. The molecular formula is C17H25ClN2O. The van der Waals surface area contributed by atoms with Gasteiger partial charge in [0.15, 0.2) is 0 Å². The predicted octanol–water partition coefficient (Wildman–Crippen LogP) is 4.33. The summed E-state index contributed by atoms with van der Waals surface area (Å²) in [5.41, 5.74) is 3.52. The first-order chi connectivity index (χ1) is 10.3. The van der Waals surface area contributed by atoms with E-state index in [9.17, 15) is 0 Å². The second-order valence-electron chi connectivity index (χ2n) is 5.43. The highest BCUT2D eigenvalue weighted by Crippen LogP contribution is 2.19. The number of fused-ring (bicyclic) bond motifs is 1. The largest absolute Gasteiger partial charge is 0.381 e. The van der Waals surface area contributed by atoms with Crippen LogP contribution in [0.1, 0.15) is 37.6 Å². The summed E-state index contributed by atoms with van der Waals surface area (Å²) in [5.74, 6) is 1.69. The van der Waals surface area contributed by atoms with Gasteiger partial charge in [0.25, 0.3) is 0 Å². The number of ether oxygens (including phenoxy) is 1. The molecule has 0 fully saturated rings. The van der Waals surface area contributed by atoms with E-state index in [2.05, 4.69) is 36.6 Å². The van der Waals surface area contributed by atoms with Crippen LogP contribution in [0.3, 0.4) is 0 Å². The van der Waals surface area contributed by atoms with Gasteiger partial charge in [-0.3, -0.25) is 0 Å². The van der Waals surface area contributed by atoms with Crippen LogP contribution in [0.2, 0.25) is 0 Å². The maximum atomic E-state index is 5.91. The van der Waals surface area contributed by atoms with Crippen LogP contribution in [0.5, 0.6) is 0 Å². The van der Waals surface area contributed by atoms with E-state index in [1.165, 1.54) is 17.5 Å². The lowest BCUT2D eigenvalue weighted by Crippen LogP contribution is -2.07. The second-order valence-corrected chi connectivity index (χ2v) is 5.81. The van der Waals surface area contributed by atoms with E-state index in [-0.39, 0.29) is 0 Å². The molecule has 0 saturated carbocycles. The number of rotatable bonds is 9. The molecule has 1 aromatic heterocycles. The summed E-state index contributed by atoms with van der Waals surface area (Å²) >= 11 is 5.91. The first-order valence-corrected chi connectivity index (χ1v) is 8.39. The summed E-state index contributed by atoms with van der Waals surface area (Å²) in [5, 5.41) is 0. The Morgan fingerprint density at radius 1 is 1.24 bits per heavy atom. The number of nitrogens with zero attached hydrogens (tertiary/aromatic N) is 2. The average molecular weight is 309 g/mol. The normalized spacial score (nSPS) is 11.4. The van der Waals surface area contributed by atoms with Crippen molar-refractivity contribution in [2.75, 3.05) is 19.1 Å². The Bertz CT molecular complexity index is 565. The highest BCUT2D eigenvalue weighted by Gasteiger charge is 2.10. The molecule has 0 aliphatic rings. The Morgan fingerprint density at radius 2 is 2.05 bits per heavy atom. The van der Waals surface area contributed by atoms with Crippen LogP contribution in [0.15, 0.2) is 18.2 Å². The molecule has 21 heavy (non-hydrogen) atoms. The molecule has 0 spiro atoms. The van der Waals surface area contributed by atoms with Crippen molar-refractivity contribution in [3.63, 3.8) is 0 Å². The van der Waals surface area contributed by atoms with Crippen molar-refractivity contribution in [1.29, 1.82) is 0 Å². The smallest absolute Gasteiger partial charge is 0.111 e. The van der Waals surface area contributed by atoms with Crippen molar-refractivity contribution >= 4 is 22.6 Å². The fourth-order valence-electron chi connectivity index (χ4n) is 2.49. The molecule has 0 unspecified atom stereocenters. The van der Waals surface area contributed by atoms with E-state index < -0.39 is 0 Å². The minimum absolute atomic E-state index is 0.606. The number of aromatic nitrogens is 2. The first kappa shape index (κ1) is 16.3. The van der Waals surface area contributed by atoms with Crippen molar-refractivity contribution < 1.29 is 4.74 Å². The lowest BCUT2D eigenvalue weighted by Gasteiger charge is -2.09. The zero-order valence-corrected chi connectivity index (χ0v) is 13.8. The van der Waals surface area contributed by atoms with Crippen LogP contribution in [0.4, 0.5) is 0 Å². The molecule has 3 nitrogen and oxygen atoms in total. The molecule has 0 N–H and O–H groups in total. The molecule has 4 heteroatoms. The van der Waals surface area contributed by atoms with Gasteiger partial charge in [0, 0.05) is 32.1 Å². The molecule has 0 atom stereocenters. The Morgan fingerprint density at radius 3 is 2.81 bits per heavy atom. The molecule has 1 heterocycles. The zero-order chi connectivity index (χ0) is 15.1. The molecule has 0 bridgehead atoms. The molecular weight excluding hydrogens is 284 g/mol. The van der Waals surface area contributed by atoms with E-state index in [0.29, 0.717) is 5.88 Å². The Hall–Kier alpha value is -1.06. The number of hydrogen-bond donors (Lipinski definition) is 0. The zero-order valence-electron chi connectivity index (χ0n) is 13.1. The molecule has 2 rings (SSSR count). The number of aryl methyl sites for hydroxylation is 3. The SMILES string of the molecule is CCCCOCCCn1c(CCCl)nc2cc(C)ccc21. The monoisotopic (exact) mass is 308 g/mol. The maximum absolute atomic E-state index is 5.91. The lowest BCUT2D eigenvalue weighted by atomic mass is 10.2. The summed E-state index contributed by atoms with van der Waals surface area (Å²) in [7, 11) is 0. The second kappa shape index (κ2) is 8.40. The first-order valence-electron chi connectivity index (χ1n) is 7.85. The quantitative estimate of drug-likeness (QED) is 0.509. The average Bonchev–Trinajstić information content (AvgIpc) is 2.80. The van der Waals surface area contributed by atoms with Gasteiger partial charge in [-0.05, 0) is 37.5 Å². The molecule has 0 radical (unpaired) electrons. The van der Waals surface area contributed by atoms with Gasteiger partial charge in [-0.15, -0.1) is 11.6 Å². The molecule has 2 aromatic rings. The van der Waals surface area contributed by atoms with E-state index >= 15 is 0 Å². The standard InChI is InChI=1S/C17H25ClN2O/c1-3-4-11-21-12-5-10-20-16-7-6-14(2)13-15(16)19-17(20)8-9-18/h6-7,13H,3-5,8-12H2,1-2H3. The number of alkyl halides is 1. The Kier molecular flexibility index (Phi) is 6.52. The van der Waals surface area contributed by atoms with Gasteiger partial charge in [0.05, 0.1) is 11.0 Å². The fraction of sp³-hybridized carbons (Fsp3) is 0.588. The van der Waals surface area contributed by atoms with E-state index in [1.54, 1.807) is 0 Å². The highest BCUT2D eigenvalue weighted by atomic mass is 35.5. The van der Waals surface area contributed by atoms with E-state index in [4.69, 9.17) is 21.3 Å². The van der Waals surface area contributed by atoms with Crippen LogP contribution in [-0.4, -0.2) is 28.6 Å². The fourth-order valence-corrected chi connectivity index (χ4v) is 2.66. The van der Waals surface area contributed by atoms with Crippen LogP contribution in [-0.2, 0) is 17.7 Å². The molecule has 0 aliphatic heterocycles. The summed E-state index contributed by atoms with van der Waals surface area (Å²) < 4.78 is 7.94. The van der Waals surface area contributed by atoms with Crippen LogP contribution in [0.25, 0.3) is 11.0 Å². The van der Waals surface area contributed by atoms with Crippen molar-refractivity contribution in [2.24, 2.45) is 0 Å². The predicted molar refractivity (Wildman–Crippen MR) is 89.2 cm³/mol. The maximum Gasteiger partial charge on any atom is 0.111 e. The van der Waals surface area contributed by atoms with E-state index in [0.717, 1.165) is 50.4 Å². The lowest BCUT2D eigenvalue weighted by molar-refractivity contribution is 0.126. The van der Waals surface area contributed by atoms with Gasteiger partial charge in [0.2, 0.25) is 0 Å². The number of unbranched alkanes of at least 4 members (excludes halogenated alkanes) is 1. The topological polar surface area (TPSA) is 27.1 Å². The van der Waals surface area contributed by atoms with Gasteiger partial charge in [-0.25, -0.2) is 4.98 Å². The minimum atomic E-state index is 0.606. The van der Waals surface area contributed by atoms with Crippen molar-refractivity contribution in [2.45, 2.75) is 46.1 Å². The summed E-state index contributed by atoms with van der Waals surface area (Å²) in [6.07, 6.45) is 4.15. The summed E-state index contributed by atoms with van der Waals surface area (Å²) in [6, 6.07) is 6.44. The summed E-state index contributed by atoms with van der Waals surface area (Å²) in [6.45, 7) is 6.90. The Balaban J connectivity index is 2.04. The van der Waals surface area contributed by atoms with Crippen LogP contribution < -0.4 is 0 Å².